The third-order valence-corrected chi connectivity index (χ3v) is 5.91. The predicted octanol–water partition coefficient (Wildman–Crippen LogP) is 4.04. The Labute approximate surface area is 159 Å². The van der Waals surface area contributed by atoms with E-state index in [1.807, 2.05) is 31.2 Å². The van der Waals surface area contributed by atoms with E-state index in [0.717, 1.165) is 12.0 Å². The Bertz CT molecular complexity index is 1040. The van der Waals surface area contributed by atoms with Crippen molar-refractivity contribution in [3.8, 4) is 0 Å². The Kier molecular flexibility index (Phi) is 5.37. The molecule has 3 aromatic rings. The van der Waals surface area contributed by atoms with Gasteiger partial charge in [-0.05, 0) is 55.3 Å². The number of pyridine rings is 1. The van der Waals surface area contributed by atoms with Gasteiger partial charge in [0.05, 0.1) is 10.5 Å². The summed E-state index contributed by atoms with van der Waals surface area (Å²) in [6, 6.07) is 16.9. The molecule has 1 heterocycles. The van der Waals surface area contributed by atoms with Crippen LogP contribution >= 0.6 is 0 Å². The normalized spacial score (nSPS) is 11.2. The Morgan fingerprint density at radius 2 is 1.63 bits per heavy atom. The average Bonchev–Trinajstić information content (AvgIpc) is 2.69. The number of sulfone groups is 1. The number of carbonyl (C=O) groups is 1. The molecule has 1 N–H and O–H groups in total. The number of hydrogen-bond acceptors (Lipinski definition) is 4. The largest absolute Gasteiger partial charge is 0.322 e. The monoisotopic (exact) mass is 380 g/mol. The van der Waals surface area contributed by atoms with Crippen molar-refractivity contribution in [2.24, 2.45) is 0 Å². The lowest BCUT2D eigenvalue weighted by molar-refractivity contribution is 0.102. The molecular formula is C21H20N2O3S. The number of anilines is 1. The van der Waals surface area contributed by atoms with Gasteiger partial charge in [-0.15, -0.1) is 0 Å². The molecule has 3 rings (SSSR count). The zero-order chi connectivity index (χ0) is 19.4. The zero-order valence-electron chi connectivity index (χ0n) is 15.1. The summed E-state index contributed by atoms with van der Waals surface area (Å²) in [7, 11) is -3.71. The fourth-order valence-corrected chi connectivity index (χ4v) is 3.71. The molecule has 0 fully saturated rings. The van der Waals surface area contributed by atoms with Crippen LogP contribution in [0.25, 0.3) is 0 Å². The second-order valence-electron chi connectivity index (χ2n) is 6.21. The summed E-state index contributed by atoms with van der Waals surface area (Å²) in [5.74, 6) is -0.342. The molecule has 138 valence electrons. The maximum absolute atomic E-state index is 12.6. The Hall–Kier alpha value is -2.99. The van der Waals surface area contributed by atoms with Crippen LogP contribution in [0.2, 0.25) is 0 Å². The first-order valence-electron chi connectivity index (χ1n) is 8.58. The summed E-state index contributed by atoms with van der Waals surface area (Å²) in [5.41, 5.74) is 3.12. The molecule has 0 aliphatic carbocycles. The number of nitrogens with zero attached hydrogens (tertiary/aromatic N) is 1. The Balaban J connectivity index is 1.77. The summed E-state index contributed by atoms with van der Waals surface area (Å²) in [6.45, 7) is 3.95. The van der Waals surface area contributed by atoms with Gasteiger partial charge in [0.15, 0.2) is 5.03 Å². The van der Waals surface area contributed by atoms with Crippen LogP contribution < -0.4 is 5.32 Å². The molecule has 1 aromatic heterocycles. The molecule has 0 spiro atoms. The van der Waals surface area contributed by atoms with Gasteiger partial charge in [-0.25, -0.2) is 13.4 Å². The number of nitrogens with one attached hydrogen (secondary N) is 1. The molecule has 0 aliphatic heterocycles. The molecule has 0 bridgehead atoms. The third kappa shape index (κ3) is 4.23. The highest BCUT2D eigenvalue weighted by atomic mass is 32.2. The number of aryl methyl sites for hydroxylation is 2. The lowest BCUT2D eigenvalue weighted by Crippen LogP contribution is -2.13. The SMILES string of the molecule is CCc1ccc(NC(=O)c2ccc(S(=O)(=O)c3ccc(C)cc3)nc2)cc1. The molecule has 0 radical (unpaired) electrons. The molecule has 0 saturated heterocycles. The molecule has 0 atom stereocenters. The number of aromatic nitrogens is 1. The topological polar surface area (TPSA) is 76.1 Å². The van der Waals surface area contributed by atoms with E-state index in [1.54, 1.807) is 24.3 Å². The second kappa shape index (κ2) is 7.72. The molecule has 0 aliphatic rings. The van der Waals surface area contributed by atoms with Crippen molar-refractivity contribution >= 4 is 21.4 Å². The number of hydrogen-bond donors (Lipinski definition) is 1. The van der Waals surface area contributed by atoms with Crippen LogP contribution in [0.5, 0.6) is 0 Å². The highest BCUT2D eigenvalue weighted by molar-refractivity contribution is 7.91. The molecular weight excluding hydrogens is 360 g/mol. The minimum absolute atomic E-state index is 0.0878. The summed E-state index contributed by atoms with van der Waals surface area (Å²) in [5, 5.41) is 2.69. The minimum Gasteiger partial charge on any atom is -0.322 e. The van der Waals surface area contributed by atoms with E-state index in [4.69, 9.17) is 0 Å². The van der Waals surface area contributed by atoms with Gasteiger partial charge < -0.3 is 5.32 Å². The van der Waals surface area contributed by atoms with Crippen LogP contribution in [0.1, 0.15) is 28.4 Å². The van der Waals surface area contributed by atoms with Crippen molar-refractivity contribution in [1.29, 1.82) is 0 Å². The number of carbonyl (C=O) groups excluding carboxylic acids is 1. The van der Waals surface area contributed by atoms with E-state index in [0.29, 0.717) is 5.69 Å². The Morgan fingerprint density at radius 3 is 2.19 bits per heavy atom. The molecule has 5 nitrogen and oxygen atoms in total. The maximum Gasteiger partial charge on any atom is 0.257 e. The molecule has 0 unspecified atom stereocenters. The molecule has 6 heteroatoms. The Morgan fingerprint density at radius 1 is 0.963 bits per heavy atom. The lowest BCUT2D eigenvalue weighted by atomic mass is 10.1. The summed E-state index contributed by atoms with van der Waals surface area (Å²) in [6.07, 6.45) is 2.20. The predicted molar refractivity (Wildman–Crippen MR) is 105 cm³/mol. The smallest absolute Gasteiger partial charge is 0.257 e. The molecule has 27 heavy (non-hydrogen) atoms. The third-order valence-electron chi connectivity index (χ3n) is 4.23. The van der Waals surface area contributed by atoms with Crippen LogP contribution in [0.3, 0.4) is 0 Å². The summed E-state index contributed by atoms with van der Waals surface area (Å²) in [4.78, 5) is 16.5. The van der Waals surface area contributed by atoms with Crippen LogP contribution in [0.15, 0.2) is 76.8 Å². The van der Waals surface area contributed by atoms with Gasteiger partial charge >= 0.3 is 0 Å². The summed E-state index contributed by atoms with van der Waals surface area (Å²) < 4.78 is 25.2. The van der Waals surface area contributed by atoms with Crippen molar-refractivity contribution in [3.63, 3.8) is 0 Å². The van der Waals surface area contributed by atoms with Crippen LogP contribution in [0.4, 0.5) is 5.69 Å². The quantitative estimate of drug-likeness (QED) is 0.725. The number of benzene rings is 2. The van der Waals surface area contributed by atoms with Crippen molar-refractivity contribution in [2.75, 3.05) is 5.32 Å². The minimum atomic E-state index is -3.71. The highest BCUT2D eigenvalue weighted by Gasteiger charge is 2.19. The van der Waals surface area contributed by atoms with Crippen molar-refractivity contribution in [3.05, 3.63) is 83.6 Å². The maximum atomic E-state index is 12.6. The first-order chi connectivity index (χ1) is 12.9. The molecule has 1 amide bonds. The average molecular weight is 380 g/mol. The molecule has 2 aromatic carbocycles. The number of rotatable bonds is 5. The van der Waals surface area contributed by atoms with E-state index in [1.165, 1.54) is 23.9 Å². The van der Waals surface area contributed by atoms with Gasteiger partial charge in [0, 0.05) is 11.9 Å². The first kappa shape index (κ1) is 18.8. The van der Waals surface area contributed by atoms with Crippen LogP contribution in [-0.2, 0) is 16.3 Å². The van der Waals surface area contributed by atoms with Crippen LogP contribution in [0, 0.1) is 6.92 Å². The number of amides is 1. The van der Waals surface area contributed by atoms with Crippen molar-refractivity contribution in [2.45, 2.75) is 30.2 Å². The van der Waals surface area contributed by atoms with E-state index in [-0.39, 0.29) is 21.4 Å². The van der Waals surface area contributed by atoms with E-state index >= 15 is 0 Å². The fraction of sp³-hybridized carbons (Fsp3) is 0.143. The van der Waals surface area contributed by atoms with Gasteiger partial charge in [0.2, 0.25) is 9.84 Å². The second-order valence-corrected chi connectivity index (χ2v) is 8.10. The van der Waals surface area contributed by atoms with Gasteiger partial charge in [-0.3, -0.25) is 4.79 Å². The van der Waals surface area contributed by atoms with Crippen molar-refractivity contribution in [1.82, 2.24) is 4.98 Å². The van der Waals surface area contributed by atoms with E-state index in [2.05, 4.69) is 17.2 Å². The van der Waals surface area contributed by atoms with Gasteiger partial charge in [0.25, 0.3) is 5.91 Å². The van der Waals surface area contributed by atoms with Gasteiger partial charge in [0.1, 0.15) is 0 Å². The lowest BCUT2D eigenvalue weighted by Gasteiger charge is -2.07. The zero-order valence-corrected chi connectivity index (χ0v) is 16.0. The van der Waals surface area contributed by atoms with Gasteiger partial charge in [-0.1, -0.05) is 36.8 Å². The van der Waals surface area contributed by atoms with Crippen LogP contribution in [-0.4, -0.2) is 19.3 Å². The van der Waals surface area contributed by atoms with E-state index in [9.17, 15) is 13.2 Å². The van der Waals surface area contributed by atoms with Crippen molar-refractivity contribution < 1.29 is 13.2 Å². The first-order valence-corrected chi connectivity index (χ1v) is 10.1. The van der Waals surface area contributed by atoms with E-state index < -0.39 is 9.84 Å². The molecule has 0 saturated carbocycles. The highest BCUT2D eigenvalue weighted by Crippen LogP contribution is 2.20. The fourth-order valence-electron chi connectivity index (χ4n) is 2.54. The van der Waals surface area contributed by atoms with Gasteiger partial charge in [-0.2, -0.15) is 0 Å². The summed E-state index contributed by atoms with van der Waals surface area (Å²) >= 11 is 0. The standard InChI is InChI=1S/C21H20N2O3S/c1-3-16-6-9-18(10-7-16)23-21(24)17-8-13-20(22-14-17)27(25,26)19-11-4-15(2)5-12-19/h4-14H,3H2,1-2H3,(H,23,24).